The summed E-state index contributed by atoms with van der Waals surface area (Å²) < 4.78 is 33.2. The molecule has 0 saturated carbocycles. The number of rotatable bonds is 8. The average Bonchev–Trinajstić information content (AvgIpc) is 3.33. The lowest BCUT2D eigenvalue weighted by molar-refractivity contribution is -0.384. The molecule has 170 valence electrons. The third kappa shape index (κ3) is 5.12. The number of amides is 1. The summed E-state index contributed by atoms with van der Waals surface area (Å²) >= 11 is 1.18. The second-order valence-electron chi connectivity index (χ2n) is 7.12. The number of anilines is 1. The van der Waals surface area contributed by atoms with E-state index in [9.17, 15) is 28.5 Å². The summed E-state index contributed by atoms with van der Waals surface area (Å²) in [7, 11) is 0. The fourth-order valence-corrected chi connectivity index (χ4v) is 4.11. The monoisotopic (exact) mass is 474 g/mol. The summed E-state index contributed by atoms with van der Waals surface area (Å²) in [4.78, 5) is 39.4. The van der Waals surface area contributed by atoms with Crippen molar-refractivity contribution in [1.82, 2.24) is 9.55 Å². The zero-order valence-corrected chi connectivity index (χ0v) is 17.7. The van der Waals surface area contributed by atoms with Crippen molar-refractivity contribution in [2.75, 3.05) is 5.32 Å². The molecule has 0 aliphatic carbocycles. The molecule has 2 aromatic carbocycles. The Morgan fingerprint density at radius 3 is 2.82 bits per heavy atom. The summed E-state index contributed by atoms with van der Waals surface area (Å²) in [5.41, 5.74) is 0.643. The van der Waals surface area contributed by atoms with E-state index >= 15 is 0 Å². The van der Waals surface area contributed by atoms with Gasteiger partial charge < -0.3 is 9.73 Å². The van der Waals surface area contributed by atoms with Crippen LogP contribution >= 0.6 is 11.3 Å². The molecule has 0 bridgehead atoms. The molecule has 0 aliphatic rings. The van der Waals surface area contributed by atoms with Crippen LogP contribution in [0.3, 0.4) is 0 Å². The normalized spacial score (nSPS) is 11.1. The molecule has 4 aromatic rings. The molecule has 12 heteroatoms. The van der Waals surface area contributed by atoms with E-state index in [4.69, 9.17) is 4.42 Å². The second-order valence-corrected chi connectivity index (χ2v) is 8.24. The third-order valence-electron chi connectivity index (χ3n) is 4.83. The van der Waals surface area contributed by atoms with Gasteiger partial charge in [-0.2, -0.15) is 0 Å². The van der Waals surface area contributed by atoms with Gasteiger partial charge in [0.1, 0.15) is 11.6 Å². The van der Waals surface area contributed by atoms with Gasteiger partial charge in [0.05, 0.1) is 16.5 Å². The van der Waals surface area contributed by atoms with Gasteiger partial charge in [-0.25, -0.2) is 18.6 Å². The molecule has 0 radical (unpaired) electrons. The highest BCUT2D eigenvalue weighted by Gasteiger charge is 2.15. The first kappa shape index (κ1) is 22.3. The Morgan fingerprint density at radius 1 is 1.24 bits per heavy atom. The molecule has 0 aliphatic heterocycles. The van der Waals surface area contributed by atoms with Gasteiger partial charge in [0.25, 0.3) is 5.69 Å². The van der Waals surface area contributed by atoms with Crippen LogP contribution in [0, 0.1) is 21.7 Å². The Hall–Kier alpha value is -3.93. The van der Waals surface area contributed by atoms with Crippen molar-refractivity contribution >= 4 is 39.2 Å². The molecule has 1 amide bonds. The highest BCUT2D eigenvalue weighted by atomic mass is 32.1. The standard InChI is InChI=1S/C21H16F2N4O5S/c22-13-4-3-12(16(23)9-13)8-15-11-24-20(33-15)25-19(28)2-1-7-26-17-6-5-14(27(30)31)10-18(17)32-21(26)29/h3-6,9-11H,1-2,7-8H2,(H,24,25,28). The number of carbonyl (C=O) groups is 1. The first-order chi connectivity index (χ1) is 15.8. The molecule has 33 heavy (non-hydrogen) atoms. The molecule has 4 rings (SSSR count). The van der Waals surface area contributed by atoms with Crippen LogP contribution in [0.2, 0.25) is 0 Å². The lowest BCUT2D eigenvalue weighted by atomic mass is 10.1. The maximum absolute atomic E-state index is 13.8. The van der Waals surface area contributed by atoms with Gasteiger partial charge >= 0.3 is 5.76 Å². The first-order valence-electron chi connectivity index (χ1n) is 9.76. The number of nitrogens with zero attached hydrogens (tertiary/aromatic N) is 3. The fourth-order valence-electron chi connectivity index (χ4n) is 3.26. The van der Waals surface area contributed by atoms with E-state index in [0.29, 0.717) is 27.5 Å². The van der Waals surface area contributed by atoms with Gasteiger partial charge in [-0.15, -0.1) is 11.3 Å². The number of carbonyl (C=O) groups excluding carboxylic acids is 1. The number of nitro benzene ring substituents is 1. The molecule has 1 N–H and O–H groups in total. The molecular weight excluding hydrogens is 458 g/mol. The number of aromatic nitrogens is 2. The van der Waals surface area contributed by atoms with Gasteiger partial charge in [-0.3, -0.25) is 19.5 Å². The third-order valence-corrected chi connectivity index (χ3v) is 5.74. The topological polar surface area (TPSA) is 120 Å². The van der Waals surface area contributed by atoms with Crippen LogP contribution in [0.1, 0.15) is 23.3 Å². The molecule has 2 heterocycles. The van der Waals surface area contributed by atoms with Crippen molar-refractivity contribution in [3.8, 4) is 0 Å². The predicted octanol–water partition coefficient (Wildman–Crippen LogP) is 4.25. The Bertz CT molecular complexity index is 1410. The zero-order chi connectivity index (χ0) is 23.5. The molecule has 2 aromatic heterocycles. The Morgan fingerprint density at radius 2 is 2.06 bits per heavy atom. The number of benzene rings is 2. The van der Waals surface area contributed by atoms with Crippen LogP contribution in [0.5, 0.6) is 0 Å². The molecule has 0 atom stereocenters. The van der Waals surface area contributed by atoms with Crippen LogP contribution in [-0.2, 0) is 17.8 Å². The maximum Gasteiger partial charge on any atom is 0.419 e. The largest absolute Gasteiger partial charge is 0.419 e. The molecule has 0 fully saturated rings. The fraction of sp³-hybridized carbons (Fsp3) is 0.190. The second kappa shape index (κ2) is 9.28. The minimum absolute atomic E-state index is 0.0909. The number of non-ortho nitro benzene ring substituents is 1. The SMILES string of the molecule is O=C(CCCn1c(=O)oc2cc([N+](=O)[O-])ccc21)Nc1ncc(Cc2ccc(F)cc2F)s1. The smallest absolute Gasteiger partial charge is 0.407 e. The van der Waals surface area contributed by atoms with Crippen LogP contribution in [-0.4, -0.2) is 20.4 Å². The quantitative estimate of drug-likeness (QED) is 0.301. The molecule has 0 saturated heterocycles. The van der Waals surface area contributed by atoms with E-state index in [1.165, 1.54) is 52.4 Å². The zero-order valence-electron chi connectivity index (χ0n) is 16.9. The van der Waals surface area contributed by atoms with Crippen LogP contribution in [0.15, 0.2) is 51.8 Å². The van der Waals surface area contributed by atoms with Crippen molar-refractivity contribution in [1.29, 1.82) is 0 Å². The summed E-state index contributed by atoms with van der Waals surface area (Å²) in [5, 5.41) is 13.8. The van der Waals surface area contributed by atoms with Gasteiger partial charge in [0.15, 0.2) is 10.7 Å². The van der Waals surface area contributed by atoms with E-state index in [1.54, 1.807) is 0 Å². The summed E-state index contributed by atoms with van der Waals surface area (Å²) in [6.45, 7) is 0.185. The van der Waals surface area contributed by atoms with E-state index in [1.807, 2.05) is 0 Å². The van der Waals surface area contributed by atoms with Crippen LogP contribution in [0.25, 0.3) is 11.1 Å². The van der Waals surface area contributed by atoms with Gasteiger partial charge in [-0.1, -0.05) is 6.07 Å². The summed E-state index contributed by atoms with van der Waals surface area (Å²) in [5.74, 6) is -2.28. The van der Waals surface area contributed by atoms with Crippen molar-refractivity contribution in [2.45, 2.75) is 25.8 Å². The van der Waals surface area contributed by atoms with E-state index in [0.717, 1.165) is 6.07 Å². The van der Waals surface area contributed by atoms with Crippen molar-refractivity contribution < 1.29 is 22.9 Å². The number of hydrogen-bond acceptors (Lipinski definition) is 7. The number of nitrogens with one attached hydrogen (secondary N) is 1. The minimum Gasteiger partial charge on any atom is -0.407 e. The number of thiazole rings is 1. The number of fused-ring (bicyclic) bond motifs is 1. The van der Waals surface area contributed by atoms with Crippen molar-refractivity contribution in [3.05, 3.63) is 85.3 Å². The lowest BCUT2D eigenvalue weighted by Gasteiger charge is -2.03. The molecular formula is C21H16F2N4O5S. The number of hydrogen-bond donors (Lipinski definition) is 1. The van der Waals surface area contributed by atoms with Crippen LogP contribution < -0.4 is 11.1 Å². The van der Waals surface area contributed by atoms with E-state index < -0.39 is 22.3 Å². The first-order valence-corrected chi connectivity index (χ1v) is 10.6. The van der Waals surface area contributed by atoms with Gasteiger partial charge in [0.2, 0.25) is 5.91 Å². The van der Waals surface area contributed by atoms with Gasteiger partial charge in [0, 0.05) is 42.6 Å². The molecule has 0 unspecified atom stereocenters. The number of nitro groups is 1. The number of oxazole rings is 1. The highest BCUT2D eigenvalue weighted by Crippen LogP contribution is 2.23. The maximum atomic E-state index is 13.8. The van der Waals surface area contributed by atoms with E-state index in [-0.39, 0.29) is 36.6 Å². The van der Waals surface area contributed by atoms with Crippen molar-refractivity contribution in [2.24, 2.45) is 0 Å². The molecule has 0 spiro atoms. The summed E-state index contributed by atoms with van der Waals surface area (Å²) in [6.07, 6.45) is 2.14. The minimum atomic E-state index is -0.663. The molecule has 9 nitrogen and oxygen atoms in total. The lowest BCUT2D eigenvalue weighted by Crippen LogP contribution is -2.17. The predicted molar refractivity (Wildman–Crippen MR) is 116 cm³/mol. The Balaban J connectivity index is 1.33. The van der Waals surface area contributed by atoms with Crippen molar-refractivity contribution in [3.63, 3.8) is 0 Å². The Labute approximate surface area is 188 Å². The van der Waals surface area contributed by atoms with E-state index in [2.05, 4.69) is 10.3 Å². The van der Waals surface area contributed by atoms with Gasteiger partial charge in [-0.05, 0) is 24.1 Å². The summed E-state index contributed by atoms with van der Waals surface area (Å²) in [6, 6.07) is 7.24. The Kier molecular flexibility index (Phi) is 6.27. The number of halogens is 2. The highest BCUT2D eigenvalue weighted by molar-refractivity contribution is 7.15. The number of aryl methyl sites for hydroxylation is 1. The van der Waals surface area contributed by atoms with Crippen LogP contribution in [0.4, 0.5) is 19.6 Å². The average molecular weight is 474 g/mol.